The van der Waals surface area contributed by atoms with Crippen molar-refractivity contribution in [2.24, 2.45) is 0 Å². The Balaban J connectivity index is 1.42. The van der Waals surface area contributed by atoms with Gasteiger partial charge in [0.2, 0.25) is 10.0 Å². The number of carbonyl (C=O) groups is 1. The molecule has 12 nitrogen and oxygen atoms in total. The number of methoxy groups -OCH3 is 1. The molecule has 7 rings (SSSR count). The fourth-order valence-electron chi connectivity index (χ4n) is 8.78. The molecule has 1 saturated carbocycles. The van der Waals surface area contributed by atoms with Crippen LogP contribution in [0.3, 0.4) is 0 Å². The van der Waals surface area contributed by atoms with Gasteiger partial charge in [0.05, 0.1) is 26.0 Å². The van der Waals surface area contributed by atoms with Crippen molar-refractivity contribution in [2.45, 2.75) is 81.5 Å². The third-order valence-electron chi connectivity index (χ3n) is 12.1. The van der Waals surface area contributed by atoms with Gasteiger partial charge in [0.1, 0.15) is 10.5 Å². The van der Waals surface area contributed by atoms with Crippen molar-refractivity contribution in [3.63, 3.8) is 0 Å². The van der Waals surface area contributed by atoms with Gasteiger partial charge in [-0.1, -0.05) is 32.3 Å². The molecule has 1 aromatic heterocycles. The maximum atomic E-state index is 15.1. The first-order chi connectivity index (χ1) is 24.3. The van der Waals surface area contributed by atoms with Crippen molar-refractivity contribution in [1.29, 1.82) is 0 Å². The van der Waals surface area contributed by atoms with Gasteiger partial charge >= 0.3 is 10.2 Å². The third-order valence-corrected chi connectivity index (χ3v) is 16.2. The topological polar surface area (TPSA) is 130 Å². The molecule has 278 valence electrons. The second-order valence-corrected chi connectivity index (χ2v) is 19.2. The zero-order valence-corrected chi connectivity index (χ0v) is 32.0. The minimum atomic E-state index is -4.08. The molecule has 2 unspecified atom stereocenters. The summed E-state index contributed by atoms with van der Waals surface area (Å²) in [6.07, 6.45) is 6.19. The molecule has 4 heterocycles. The molecule has 0 radical (unpaired) electrons. The fraction of sp³-hybridized carbons (Fsp3) is 0.595. The van der Waals surface area contributed by atoms with E-state index < -0.39 is 36.8 Å². The SMILES string of the molecule is COc1ccc2c(c1)C(C)C(C)(S(=O)(=O)N1CC[C@@H](N(C)C)C1)Cn1c-2c(C2CCCCC2)c2ccc(C(=O)NS(=O)(=O)N3CCOCC3)cc21. The summed E-state index contributed by atoms with van der Waals surface area (Å²) in [7, 11) is -2.36. The van der Waals surface area contributed by atoms with E-state index in [1.807, 2.05) is 46.1 Å². The summed E-state index contributed by atoms with van der Waals surface area (Å²) in [5, 5.41) is 0.967. The Hall–Kier alpha value is -3.01. The van der Waals surface area contributed by atoms with E-state index in [2.05, 4.69) is 20.3 Å². The van der Waals surface area contributed by atoms with E-state index in [1.54, 1.807) is 23.5 Å². The Morgan fingerprint density at radius 3 is 2.35 bits per heavy atom. The van der Waals surface area contributed by atoms with Crippen LogP contribution in [0.1, 0.15) is 85.7 Å². The van der Waals surface area contributed by atoms with Gasteiger partial charge in [-0.3, -0.25) is 4.79 Å². The van der Waals surface area contributed by atoms with Crippen LogP contribution in [-0.2, 0) is 31.5 Å². The summed E-state index contributed by atoms with van der Waals surface area (Å²) in [6, 6.07) is 11.5. The second-order valence-electron chi connectivity index (χ2n) is 15.1. The number of hydrogen-bond acceptors (Lipinski definition) is 8. The predicted octanol–water partition coefficient (Wildman–Crippen LogP) is 4.51. The zero-order chi connectivity index (χ0) is 36.3. The standard InChI is InChI=1S/C37H51N5O7S2/c1-25-32-22-29(48-5)12-14-30(32)35-34(26-9-7-6-8-10-26)31-13-11-27(36(43)38-51(46,47)40-17-19-49-20-18-40)21-33(31)42(35)24-37(25,2)50(44,45)41-16-15-28(23-41)39(3)4/h11-14,21-22,25-26,28H,6-10,15-20,23-24H2,1-5H3,(H,38,43)/t25?,28-,37?/m1/s1. The average Bonchev–Trinajstić information content (AvgIpc) is 3.74. The van der Waals surface area contributed by atoms with Gasteiger partial charge < -0.3 is 18.9 Å². The molecule has 4 aliphatic rings. The lowest BCUT2D eigenvalue weighted by Crippen LogP contribution is -2.51. The van der Waals surface area contributed by atoms with Crippen LogP contribution in [0.15, 0.2) is 36.4 Å². The van der Waals surface area contributed by atoms with Crippen LogP contribution in [0.5, 0.6) is 5.75 Å². The fourth-order valence-corrected chi connectivity index (χ4v) is 12.1. The Kier molecular flexibility index (Phi) is 9.81. The molecule has 1 aliphatic carbocycles. The van der Waals surface area contributed by atoms with E-state index in [0.717, 1.165) is 59.8 Å². The minimum Gasteiger partial charge on any atom is -0.497 e. The van der Waals surface area contributed by atoms with Gasteiger partial charge in [-0.25, -0.2) is 13.1 Å². The molecular weight excluding hydrogens is 691 g/mol. The highest BCUT2D eigenvalue weighted by atomic mass is 32.2. The van der Waals surface area contributed by atoms with Crippen LogP contribution in [0.25, 0.3) is 22.2 Å². The number of morpholine rings is 1. The minimum absolute atomic E-state index is 0.132. The van der Waals surface area contributed by atoms with Crippen molar-refractivity contribution < 1.29 is 31.1 Å². The maximum Gasteiger partial charge on any atom is 0.304 e. The molecule has 2 saturated heterocycles. The van der Waals surface area contributed by atoms with Crippen molar-refractivity contribution in [2.75, 3.05) is 60.6 Å². The Bertz CT molecular complexity index is 2030. The molecule has 3 fully saturated rings. The van der Waals surface area contributed by atoms with E-state index in [4.69, 9.17) is 9.47 Å². The lowest BCUT2D eigenvalue weighted by atomic mass is 9.80. The van der Waals surface area contributed by atoms with Gasteiger partial charge in [-0.15, -0.1) is 0 Å². The largest absolute Gasteiger partial charge is 0.497 e. The number of nitrogens with one attached hydrogen (secondary N) is 1. The molecular formula is C37H51N5O7S2. The number of fused-ring (bicyclic) bond motifs is 5. The normalized spacial score (nSPS) is 25.5. The Morgan fingerprint density at radius 1 is 0.961 bits per heavy atom. The van der Waals surface area contributed by atoms with Crippen LogP contribution in [0.2, 0.25) is 0 Å². The molecule has 1 amide bonds. The molecule has 14 heteroatoms. The molecule has 3 atom stereocenters. The monoisotopic (exact) mass is 741 g/mol. The predicted molar refractivity (Wildman–Crippen MR) is 198 cm³/mol. The summed E-state index contributed by atoms with van der Waals surface area (Å²) in [4.78, 5) is 15.8. The molecule has 0 bridgehead atoms. The van der Waals surface area contributed by atoms with E-state index in [-0.39, 0.29) is 50.4 Å². The molecule has 1 N–H and O–H groups in total. The van der Waals surface area contributed by atoms with Gasteiger partial charge in [-0.2, -0.15) is 17.0 Å². The number of ether oxygens (including phenoxy) is 2. The number of likely N-dealkylation sites (N-methyl/N-ethyl adjacent to an activating group) is 1. The van der Waals surface area contributed by atoms with Crippen molar-refractivity contribution in [3.8, 4) is 17.0 Å². The molecule has 3 aromatic rings. The Morgan fingerprint density at radius 2 is 1.69 bits per heavy atom. The van der Waals surface area contributed by atoms with E-state index in [0.29, 0.717) is 18.8 Å². The number of hydrogen-bond donors (Lipinski definition) is 1. The first-order valence-electron chi connectivity index (χ1n) is 18.2. The molecule has 2 aromatic carbocycles. The highest BCUT2D eigenvalue weighted by Crippen LogP contribution is 2.52. The number of sulfonamides is 1. The van der Waals surface area contributed by atoms with Crippen molar-refractivity contribution >= 4 is 37.0 Å². The third kappa shape index (κ3) is 6.29. The number of benzene rings is 2. The second kappa shape index (κ2) is 13.8. The smallest absolute Gasteiger partial charge is 0.304 e. The lowest BCUT2D eigenvalue weighted by molar-refractivity contribution is 0.0719. The molecule has 0 spiro atoms. The summed E-state index contributed by atoms with van der Waals surface area (Å²) in [6.45, 7) is 5.78. The maximum absolute atomic E-state index is 15.1. The Labute approximate surface area is 302 Å². The molecule has 51 heavy (non-hydrogen) atoms. The lowest BCUT2D eigenvalue weighted by Gasteiger charge is -2.38. The summed E-state index contributed by atoms with van der Waals surface area (Å²) in [5.41, 5.74) is 4.95. The van der Waals surface area contributed by atoms with E-state index in [9.17, 15) is 13.2 Å². The van der Waals surface area contributed by atoms with E-state index >= 15 is 8.42 Å². The van der Waals surface area contributed by atoms with Gasteiger partial charge in [0, 0.05) is 66.7 Å². The number of aromatic nitrogens is 1. The first kappa shape index (κ1) is 36.4. The van der Waals surface area contributed by atoms with Crippen molar-refractivity contribution in [1.82, 2.24) is 22.8 Å². The van der Waals surface area contributed by atoms with Crippen LogP contribution in [0, 0.1) is 0 Å². The average molecular weight is 742 g/mol. The van der Waals surface area contributed by atoms with Crippen LogP contribution in [-0.4, -0.2) is 112 Å². The van der Waals surface area contributed by atoms with Crippen LogP contribution in [0.4, 0.5) is 0 Å². The first-order valence-corrected chi connectivity index (χ1v) is 21.1. The number of carbonyl (C=O) groups excluding carboxylic acids is 1. The van der Waals surface area contributed by atoms with Gasteiger partial charge in [0.15, 0.2) is 0 Å². The number of amides is 1. The molecule has 3 aliphatic heterocycles. The van der Waals surface area contributed by atoms with Gasteiger partial charge in [-0.05, 0) is 87.7 Å². The summed E-state index contributed by atoms with van der Waals surface area (Å²) in [5.74, 6) is -0.222. The number of nitrogens with zero attached hydrogens (tertiary/aromatic N) is 4. The summed E-state index contributed by atoms with van der Waals surface area (Å²) < 4.78 is 73.5. The van der Waals surface area contributed by atoms with Crippen LogP contribution < -0.4 is 9.46 Å². The van der Waals surface area contributed by atoms with Gasteiger partial charge in [0.25, 0.3) is 5.91 Å². The quantitative estimate of drug-likeness (QED) is 0.357. The number of rotatable bonds is 8. The highest BCUT2D eigenvalue weighted by Gasteiger charge is 2.52. The van der Waals surface area contributed by atoms with Crippen molar-refractivity contribution in [3.05, 3.63) is 53.1 Å². The summed E-state index contributed by atoms with van der Waals surface area (Å²) >= 11 is 0. The zero-order valence-electron chi connectivity index (χ0n) is 30.4. The highest BCUT2D eigenvalue weighted by molar-refractivity contribution is 7.90. The van der Waals surface area contributed by atoms with Crippen LogP contribution >= 0.6 is 0 Å². The van der Waals surface area contributed by atoms with E-state index in [1.165, 1.54) is 16.3 Å².